The van der Waals surface area contributed by atoms with Crippen molar-refractivity contribution in [1.82, 2.24) is 4.98 Å². The lowest BCUT2D eigenvalue weighted by Crippen LogP contribution is -2.31. The largest absolute Gasteiger partial charge is 0.490 e. The van der Waals surface area contributed by atoms with Gasteiger partial charge >= 0.3 is 0 Å². The van der Waals surface area contributed by atoms with E-state index >= 15 is 0 Å². The van der Waals surface area contributed by atoms with E-state index in [-0.39, 0.29) is 11.5 Å². The lowest BCUT2D eigenvalue weighted by atomic mass is 10.0. The van der Waals surface area contributed by atoms with E-state index in [4.69, 9.17) is 8.92 Å². The van der Waals surface area contributed by atoms with E-state index in [2.05, 4.69) is 4.98 Å². The molecule has 0 aliphatic carbocycles. The van der Waals surface area contributed by atoms with Crippen LogP contribution in [0, 0.1) is 6.92 Å². The van der Waals surface area contributed by atoms with Crippen LogP contribution in [0.4, 0.5) is 0 Å². The predicted octanol–water partition coefficient (Wildman–Crippen LogP) is 3.25. The van der Waals surface area contributed by atoms with Crippen LogP contribution in [0.25, 0.3) is 10.9 Å². The van der Waals surface area contributed by atoms with Gasteiger partial charge in [-0.25, -0.2) is 0 Å². The maximum atomic E-state index is 12.4. The maximum absolute atomic E-state index is 12.4. The number of nitrogens with zero attached hydrogens (tertiary/aromatic N) is 1. The zero-order valence-electron chi connectivity index (χ0n) is 13.7. The minimum absolute atomic E-state index is 0.159. The average Bonchev–Trinajstić information content (AvgIpc) is 2.61. The first-order chi connectivity index (χ1) is 12.0. The molecule has 1 aliphatic heterocycles. The molecule has 1 aromatic heterocycles. The minimum atomic E-state index is -3.81. The molecule has 128 valence electrons. The highest BCUT2D eigenvalue weighted by Gasteiger charge is 2.28. The summed E-state index contributed by atoms with van der Waals surface area (Å²) in [7, 11) is -3.81. The van der Waals surface area contributed by atoms with Gasteiger partial charge < -0.3 is 4.74 Å². The normalized spacial score (nSPS) is 17.1. The van der Waals surface area contributed by atoms with Crippen molar-refractivity contribution in [2.24, 2.45) is 0 Å². The number of hydrogen-bond acceptors (Lipinski definition) is 5. The molecule has 6 heteroatoms. The molecular formula is C19H17NO4S. The quantitative estimate of drug-likeness (QED) is 0.675. The van der Waals surface area contributed by atoms with Crippen molar-refractivity contribution in [3.63, 3.8) is 0 Å². The molecule has 4 rings (SSSR count). The number of hydrogen-bond donors (Lipinski definition) is 0. The van der Waals surface area contributed by atoms with Crippen LogP contribution < -0.4 is 4.74 Å². The summed E-state index contributed by atoms with van der Waals surface area (Å²) >= 11 is 0. The van der Waals surface area contributed by atoms with E-state index in [1.54, 1.807) is 30.5 Å². The van der Waals surface area contributed by atoms with E-state index in [0.29, 0.717) is 6.42 Å². The Kier molecular flexibility index (Phi) is 3.94. The summed E-state index contributed by atoms with van der Waals surface area (Å²) in [5.41, 5.74) is 2.78. The summed E-state index contributed by atoms with van der Waals surface area (Å²) in [6.45, 7) is 2.09. The first kappa shape index (κ1) is 16.1. The second-order valence-electron chi connectivity index (χ2n) is 6.12. The van der Waals surface area contributed by atoms with Crippen molar-refractivity contribution in [1.29, 1.82) is 0 Å². The topological polar surface area (TPSA) is 65.5 Å². The van der Waals surface area contributed by atoms with Crippen LogP contribution in [0.5, 0.6) is 5.75 Å². The highest BCUT2D eigenvalue weighted by molar-refractivity contribution is 7.86. The van der Waals surface area contributed by atoms with Gasteiger partial charge in [0.1, 0.15) is 18.5 Å². The fourth-order valence-corrected chi connectivity index (χ4v) is 4.05. The summed E-state index contributed by atoms with van der Waals surface area (Å²) in [5.74, 6) is 0.762. The van der Waals surface area contributed by atoms with E-state index in [1.807, 2.05) is 31.2 Å². The number of pyridine rings is 1. The Labute approximate surface area is 146 Å². The van der Waals surface area contributed by atoms with Gasteiger partial charge in [-0.05, 0) is 42.8 Å². The molecule has 0 N–H and O–H groups in total. The van der Waals surface area contributed by atoms with Crippen molar-refractivity contribution in [2.75, 3.05) is 6.61 Å². The second kappa shape index (κ2) is 6.13. The molecule has 0 fully saturated rings. The SMILES string of the molecule is Cc1ccc(S(=O)(=O)OC2COc3c(ccc4ncccc34)C2)cc1. The van der Waals surface area contributed by atoms with Gasteiger partial charge in [-0.15, -0.1) is 0 Å². The van der Waals surface area contributed by atoms with E-state index in [0.717, 1.165) is 27.8 Å². The van der Waals surface area contributed by atoms with Gasteiger partial charge in [-0.1, -0.05) is 23.8 Å². The molecule has 5 nitrogen and oxygen atoms in total. The minimum Gasteiger partial charge on any atom is -0.490 e. The third kappa shape index (κ3) is 3.10. The van der Waals surface area contributed by atoms with Crippen LogP contribution in [0.15, 0.2) is 59.6 Å². The Morgan fingerprint density at radius 1 is 1.12 bits per heavy atom. The molecule has 0 bridgehead atoms. The van der Waals surface area contributed by atoms with Crippen molar-refractivity contribution >= 4 is 21.0 Å². The highest BCUT2D eigenvalue weighted by Crippen LogP contribution is 2.33. The third-order valence-corrected chi connectivity index (χ3v) is 5.63. The molecular weight excluding hydrogens is 338 g/mol. The fraction of sp³-hybridized carbons (Fsp3) is 0.211. The van der Waals surface area contributed by atoms with Crippen molar-refractivity contribution in [3.05, 3.63) is 65.9 Å². The van der Waals surface area contributed by atoms with Crippen LogP contribution in [0.3, 0.4) is 0 Å². The number of benzene rings is 2. The van der Waals surface area contributed by atoms with Gasteiger partial charge in [0.2, 0.25) is 0 Å². The number of ether oxygens (including phenoxy) is 1. The van der Waals surface area contributed by atoms with Gasteiger partial charge in [0.15, 0.2) is 0 Å². The first-order valence-electron chi connectivity index (χ1n) is 8.02. The number of aryl methyl sites for hydroxylation is 1. The van der Waals surface area contributed by atoms with Crippen LogP contribution in [-0.4, -0.2) is 26.1 Å². The molecule has 0 spiro atoms. The lowest BCUT2D eigenvalue weighted by Gasteiger charge is -2.26. The van der Waals surface area contributed by atoms with Crippen LogP contribution in [0.1, 0.15) is 11.1 Å². The summed E-state index contributed by atoms with van der Waals surface area (Å²) < 4.78 is 36.1. The monoisotopic (exact) mass is 355 g/mol. The maximum Gasteiger partial charge on any atom is 0.297 e. The Morgan fingerprint density at radius 2 is 1.92 bits per heavy atom. The Balaban J connectivity index is 1.58. The van der Waals surface area contributed by atoms with Crippen LogP contribution in [0.2, 0.25) is 0 Å². The number of fused-ring (bicyclic) bond motifs is 3. The smallest absolute Gasteiger partial charge is 0.297 e. The molecule has 1 atom stereocenters. The summed E-state index contributed by atoms with van der Waals surface area (Å²) in [5, 5.41) is 0.930. The van der Waals surface area contributed by atoms with Crippen molar-refractivity contribution in [3.8, 4) is 5.75 Å². The molecule has 0 amide bonds. The van der Waals surface area contributed by atoms with Gasteiger partial charge in [0, 0.05) is 18.0 Å². The Morgan fingerprint density at radius 3 is 2.72 bits per heavy atom. The number of aromatic nitrogens is 1. The van der Waals surface area contributed by atoms with E-state index in [1.165, 1.54) is 0 Å². The van der Waals surface area contributed by atoms with Gasteiger partial charge in [0.05, 0.1) is 10.4 Å². The zero-order valence-corrected chi connectivity index (χ0v) is 14.5. The summed E-state index contributed by atoms with van der Waals surface area (Å²) in [6, 6.07) is 14.3. The molecule has 2 aromatic carbocycles. The Hall–Kier alpha value is -2.44. The molecule has 2 heterocycles. The fourth-order valence-electron chi connectivity index (χ4n) is 2.98. The van der Waals surface area contributed by atoms with Crippen molar-refractivity contribution in [2.45, 2.75) is 24.3 Å². The predicted molar refractivity (Wildman–Crippen MR) is 94.2 cm³/mol. The summed E-state index contributed by atoms with van der Waals surface area (Å²) in [4.78, 5) is 4.47. The molecule has 0 saturated heterocycles. The molecule has 1 aliphatic rings. The standard InChI is InChI=1S/C19H17NO4S/c1-13-4-7-16(8-5-13)25(21,22)24-15-11-14-6-9-18-17(3-2-10-20-18)19(14)23-12-15/h2-10,15H,11-12H2,1H3. The molecule has 25 heavy (non-hydrogen) atoms. The van der Waals surface area contributed by atoms with Crippen LogP contribution >= 0.6 is 0 Å². The highest BCUT2D eigenvalue weighted by atomic mass is 32.2. The summed E-state index contributed by atoms with van der Waals surface area (Å²) in [6.07, 6.45) is 1.66. The molecule has 0 radical (unpaired) electrons. The zero-order chi connectivity index (χ0) is 17.4. The molecule has 0 saturated carbocycles. The lowest BCUT2D eigenvalue weighted by molar-refractivity contribution is 0.119. The van der Waals surface area contributed by atoms with E-state index < -0.39 is 16.2 Å². The van der Waals surface area contributed by atoms with Gasteiger partial charge in [0.25, 0.3) is 10.1 Å². The van der Waals surface area contributed by atoms with E-state index in [9.17, 15) is 8.42 Å². The number of rotatable bonds is 3. The third-order valence-electron chi connectivity index (χ3n) is 4.25. The van der Waals surface area contributed by atoms with Crippen LogP contribution in [-0.2, 0) is 20.7 Å². The van der Waals surface area contributed by atoms with Crippen molar-refractivity contribution < 1.29 is 17.3 Å². The second-order valence-corrected chi connectivity index (χ2v) is 7.70. The average molecular weight is 355 g/mol. The van der Waals surface area contributed by atoms with Gasteiger partial charge in [-0.3, -0.25) is 9.17 Å². The molecule has 1 unspecified atom stereocenters. The van der Waals surface area contributed by atoms with Gasteiger partial charge in [-0.2, -0.15) is 8.42 Å². The molecule has 3 aromatic rings. The Bertz CT molecular complexity index is 1030. The first-order valence-corrected chi connectivity index (χ1v) is 9.43.